The zero-order valence-corrected chi connectivity index (χ0v) is 19.3. The molecule has 10 nitrogen and oxygen atoms in total. The Kier molecular flexibility index (Phi) is 6.23. The first kappa shape index (κ1) is 21.8. The molecule has 0 radical (unpaired) electrons. The molecule has 3 aromatic rings. The third kappa shape index (κ3) is 4.83. The second-order valence-corrected chi connectivity index (χ2v) is 8.65. The molecule has 0 spiro atoms. The van der Waals surface area contributed by atoms with Gasteiger partial charge in [-0.2, -0.15) is 9.50 Å². The van der Waals surface area contributed by atoms with Gasteiger partial charge in [-0.15, -0.1) is 5.10 Å². The van der Waals surface area contributed by atoms with E-state index < -0.39 is 0 Å². The first-order valence-electron chi connectivity index (χ1n) is 10.8. The molecule has 4 heterocycles. The first-order valence-corrected chi connectivity index (χ1v) is 12.0. The van der Waals surface area contributed by atoms with Crippen molar-refractivity contribution in [2.45, 2.75) is 31.0 Å². The summed E-state index contributed by atoms with van der Waals surface area (Å²) < 4.78 is 24.2. The van der Waals surface area contributed by atoms with Gasteiger partial charge >= 0.3 is 0 Å². The van der Waals surface area contributed by atoms with Gasteiger partial charge in [-0.1, -0.05) is 17.8 Å². The van der Waals surface area contributed by atoms with E-state index in [0.29, 0.717) is 56.0 Å². The van der Waals surface area contributed by atoms with E-state index in [1.165, 1.54) is 11.8 Å². The summed E-state index contributed by atoms with van der Waals surface area (Å²) in [4.78, 5) is 23.4. The lowest BCUT2D eigenvalue weighted by Gasteiger charge is -2.33. The van der Waals surface area contributed by atoms with Gasteiger partial charge in [0.15, 0.2) is 11.5 Å². The zero-order valence-electron chi connectivity index (χ0n) is 18.5. The predicted octanol–water partition coefficient (Wildman–Crippen LogP) is 2.12. The maximum atomic E-state index is 12.8. The molecule has 0 bridgehead atoms. The number of aromatic nitrogens is 4. The SMILES string of the molecule is CSc1nc2nc(C)cc(OCC3CN(C(=O)CCc4ccc5c(c4)OCO5)CCO3)n2n1. The average molecular weight is 472 g/mol. The third-order valence-corrected chi connectivity index (χ3v) is 6.08. The summed E-state index contributed by atoms with van der Waals surface area (Å²) in [6.45, 7) is 3.98. The third-order valence-electron chi connectivity index (χ3n) is 5.54. The number of ether oxygens (including phenoxy) is 4. The summed E-state index contributed by atoms with van der Waals surface area (Å²) >= 11 is 1.45. The monoisotopic (exact) mass is 471 g/mol. The highest BCUT2D eigenvalue weighted by atomic mass is 32.2. The summed E-state index contributed by atoms with van der Waals surface area (Å²) in [6, 6.07) is 7.62. The van der Waals surface area contributed by atoms with Crippen LogP contribution in [0, 0.1) is 6.92 Å². The lowest BCUT2D eigenvalue weighted by molar-refractivity contribution is -0.139. The van der Waals surface area contributed by atoms with Crippen LogP contribution in [0.15, 0.2) is 29.4 Å². The molecule has 2 aliphatic heterocycles. The molecule has 33 heavy (non-hydrogen) atoms. The Labute approximate surface area is 195 Å². The summed E-state index contributed by atoms with van der Waals surface area (Å²) in [5.41, 5.74) is 1.85. The molecule has 1 atom stereocenters. The molecule has 2 aromatic heterocycles. The second-order valence-electron chi connectivity index (χ2n) is 7.88. The molecule has 0 N–H and O–H groups in total. The summed E-state index contributed by atoms with van der Waals surface area (Å²) in [7, 11) is 0. The smallest absolute Gasteiger partial charge is 0.256 e. The molecule has 1 saturated heterocycles. The fourth-order valence-electron chi connectivity index (χ4n) is 3.86. The molecular weight excluding hydrogens is 446 g/mol. The van der Waals surface area contributed by atoms with Crippen molar-refractivity contribution in [2.24, 2.45) is 0 Å². The minimum atomic E-state index is -0.222. The number of rotatable bonds is 7. The van der Waals surface area contributed by atoms with Gasteiger partial charge in [0.1, 0.15) is 12.7 Å². The number of aryl methyl sites for hydroxylation is 2. The normalized spacial score (nSPS) is 17.5. The lowest BCUT2D eigenvalue weighted by atomic mass is 10.1. The molecule has 1 unspecified atom stereocenters. The van der Waals surface area contributed by atoms with E-state index in [1.54, 1.807) is 4.52 Å². The molecule has 2 aliphatic rings. The topological polar surface area (TPSA) is 100 Å². The van der Waals surface area contributed by atoms with E-state index in [4.69, 9.17) is 18.9 Å². The van der Waals surface area contributed by atoms with Crippen LogP contribution in [0.5, 0.6) is 17.4 Å². The highest BCUT2D eigenvalue weighted by Crippen LogP contribution is 2.32. The van der Waals surface area contributed by atoms with E-state index in [2.05, 4.69) is 15.1 Å². The van der Waals surface area contributed by atoms with E-state index in [9.17, 15) is 4.79 Å². The number of benzene rings is 1. The summed E-state index contributed by atoms with van der Waals surface area (Å²) in [5, 5.41) is 5.04. The van der Waals surface area contributed by atoms with Gasteiger partial charge in [0, 0.05) is 24.7 Å². The van der Waals surface area contributed by atoms with Crippen LogP contribution in [0.4, 0.5) is 0 Å². The Balaban J connectivity index is 1.17. The molecule has 1 fully saturated rings. The quantitative estimate of drug-likeness (QED) is 0.480. The number of carbonyl (C=O) groups excluding carboxylic acids is 1. The lowest BCUT2D eigenvalue weighted by Crippen LogP contribution is -2.47. The molecular formula is C22H25N5O5S. The van der Waals surface area contributed by atoms with Crippen molar-refractivity contribution in [3.63, 3.8) is 0 Å². The largest absolute Gasteiger partial charge is 0.475 e. The maximum Gasteiger partial charge on any atom is 0.256 e. The van der Waals surface area contributed by atoms with Crippen LogP contribution >= 0.6 is 11.8 Å². The van der Waals surface area contributed by atoms with Crippen molar-refractivity contribution in [1.82, 2.24) is 24.5 Å². The fourth-order valence-corrected chi connectivity index (χ4v) is 4.19. The number of amides is 1. The molecule has 1 amide bonds. The van der Waals surface area contributed by atoms with Crippen LogP contribution in [0.3, 0.4) is 0 Å². The Morgan fingerprint density at radius 2 is 2.12 bits per heavy atom. The van der Waals surface area contributed by atoms with E-state index in [0.717, 1.165) is 22.8 Å². The highest BCUT2D eigenvalue weighted by molar-refractivity contribution is 7.98. The molecule has 5 rings (SSSR count). The Morgan fingerprint density at radius 3 is 3.00 bits per heavy atom. The minimum absolute atomic E-state index is 0.101. The predicted molar refractivity (Wildman–Crippen MR) is 120 cm³/mol. The van der Waals surface area contributed by atoms with Crippen molar-refractivity contribution in [3.05, 3.63) is 35.5 Å². The van der Waals surface area contributed by atoms with Gasteiger partial charge in [0.25, 0.3) is 5.78 Å². The van der Waals surface area contributed by atoms with E-state index in [1.807, 2.05) is 42.3 Å². The van der Waals surface area contributed by atoms with Crippen molar-refractivity contribution in [2.75, 3.05) is 39.4 Å². The van der Waals surface area contributed by atoms with Crippen molar-refractivity contribution < 1.29 is 23.7 Å². The summed E-state index contributed by atoms with van der Waals surface area (Å²) in [5.74, 6) is 2.64. The van der Waals surface area contributed by atoms with Gasteiger partial charge in [-0.3, -0.25) is 4.79 Å². The highest BCUT2D eigenvalue weighted by Gasteiger charge is 2.25. The standard InChI is InChI=1S/C22H25N5O5S/c1-14-9-20(27-21(23-14)24-22(25-27)33-2)30-12-16-11-26(7-8-29-16)19(28)6-4-15-3-5-17-18(10-15)32-13-31-17/h3,5,9-10,16H,4,6-8,11-13H2,1-2H3. The second kappa shape index (κ2) is 9.44. The Hall–Kier alpha value is -3.05. The number of thioether (sulfide) groups is 1. The number of hydrogen-bond acceptors (Lipinski definition) is 9. The van der Waals surface area contributed by atoms with Gasteiger partial charge in [-0.05, 0) is 37.3 Å². The van der Waals surface area contributed by atoms with E-state index in [-0.39, 0.29) is 18.8 Å². The first-order chi connectivity index (χ1) is 16.1. The van der Waals surface area contributed by atoms with Crippen LogP contribution in [-0.2, 0) is 16.0 Å². The van der Waals surface area contributed by atoms with Gasteiger partial charge in [0.2, 0.25) is 23.7 Å². The van der Waals surface area contributed by atoms with Gasteiger partial charge in [-0.25, -0.2) is 4.98 Å². The fraction of sp³-hybridized carbons (Fsp3) is 0.455. The minimum Gasteiger partial charge on any atom is -0.475 e. The zero-order chi connectivity index (χ0) is 22.8. The molecule has 0 aliphatic carbocycles. The number of morpholine rings is 1. The molecule has 1 aromatic carbocycles. The van der Waals surface area contributed by atoms with E-state index >= 15 is 0 Å². The van der Waals surface area contributed by atoms with Gasteiger partial charge in [0.05, 0.1) is 13.2 Å². The van der Waals surface area contributed by atoms with Crippen LogP contribution in [0.25, 0.3) is 5.78 Å². The maximum absolute atomic E-state index is 12.8. The van der Waals surface area contributed by atoms with Crippen LogP contribution in [0.1, 0.15) is 17.7 Å². The van der Waals surface area contributed by atoms with Crippen LogP contribution in [-0.4, -0.2) is 75.8 Å². The molecule has 0 saturated carbocycles. The van der Waals surface area contributed by atoms with Crippen LogP contribution < -0.4 is 14.2 Å². The number of carbonyl (C=O) groups is 1. The average Bonchev–Trinajstić information content (AvgIpc) is 3.47. The Bertz CT molecular complexity index is 1170. The van der Waals surface area contributed by atoms with Gasteiger partial charge < -0.3 is 23.8 Å². The number of hydrogen-bond donors (Lipinski definition) is 0. The molecule has 174 valence electrons. The Morgan fingerprint density at radius 1 is 1.24 bits per heavy atom. The van der Waals surface area contributed by atoms with Crippen molar-refractivity contribution >= 4 is 23.4 Å². The van der Waals surface area contributed by atoms with Crippen LogP contribution in [0.2, 0.25) is 0 Å². The summed E-state index contributed by atoms with van der Waals surface area (Å²) in [6.07, 6.45) is 2.76. The van der Waals surface area contributed by atoms with Crippen molar-refractivity contribution in [1.29, 1.82) is 0 Å². The molecule has 11 heteroatoms. The number of nitrogens with zero attached hydrogens (tertiary/aromatic N) is 5. The van der Waals surface area contributed by atoms with Crippen molar-refractivity contribution in [3.8, 4) is 17.4 Å². The number of fused-ring (bicyclic) bond motifs is 2.